The van der Waals surface area contributed by atoms with Crippen molar-refractivity contribution in [2.45, 2.75) is 76.7 Å². The van der Waals surface area contributed by atoms with Gasteiger partial charge in [-0.1, -0.05) is 38.0 Å². The normalized spacial score (nSPS) is 31.2. The van der Waals surface area contributed by atoms with E-state index in [1.54, 1.807) is 4.90 Å². The first-order chi connectivity index (χ1) is 15.8. The van der Waals surface area contributed by atoms with Crippen molar-refractivity contribution in [2.75, 3.05) is 11.4 Å². The molecule has 176 valence electrons. The largest absolute Gasteiger partial charge is 0.452 e. The van der Waals surface area contributed by atoms with Crippen LogP contribution in [0, 0.1) is 25.7 Å². The van der Waals surface area contributed by atoms with Gasteiger partial charge < -0.3 is 19.7 Å². The number of ether oxygens (including phenoxy) is 2. The Hall–Kier alpha value is -2.67. The van der Waals surface area contributed by atoms with E-state index >= 15 is 0 Å². The summed E-state index contributed by atoms with van der Waals surface area (Å²) in [6.07, 6.45) is 6.97. The van der Waals surface area contributed by atoms with E-state index in [2.05, 4.69) is 11.4 Å². The lowest BCUT2D eigenvalue weighted by Crippen LogP contribution is -2.45. The quantitative estimate of drug-likeness (QED) is 0.530. The highest BCUT2D eigenvalue weighted by Crippen LogP contribution is 2.53. The molecule has 2 amide bonds. The molecule has 0 aromatic heterocycles. The fourth-order valence-corrected chi connectivity index (χ4v) is 6.00. The summed E-state index contributed by atoms with van der Waals surface area (Å²) in [5, 5.41) is 3.02. The molecule has 1 aromatic rings. The first-order valence-electron chi connectivity index (χ1n) is 12.1. The molecule has 0 radical (unpaired) electrons. The molecular weight excluding hydrogens is 420 g/mol. The number of nitrogens with zero attached hydrogens (tertiary/aromatic N) is 1. The number of aryl methyl sites for hydroxylation is 2. The summed E-state index contributed by atoms with van der Waals surface area (Å²) < 4.78 is 11.9. The molecule has 3 fully saturated rings. The number of rotatable bonds is 6. The molecule has 1 N–H and O–H groups in total. The smallest absolute Gasteiger partial charge is 0.313 e. The number of anilines is 1. The molecule has 7 nitrogen and oxygen atoms in total. The number of carbonyl (C=O) groups excluding carboxylic acids is 3. The molecule has 1 aliphatic carbocycles. The van der Waals surface area contributed by atoms with Crippen LogP contribution >= 0.6 is 0 Å². The second-order valence-corrected chi connectivity index (χ2v) is 9.99. The van der Waals surface area contributed by atoms with Crippen LogP contribution in [0.1, 0.15) is 50.2 Å². The van der Waals surface area contributed by atoms with Crippen LogP contribution in [0.4, 0.5) is 5.69 Å². The van der Waals surface area contributed by atoms with Crippen molar-refractivity contribution in [3.05, 3.63) is 41.5 Å². The molecule has 1 spiro atoms. The Kier molecular flexibility index (Phi) is 5.55. The van der Waals surface area contributed by atoms with E-state index in [-0.39, 0.29) is 17.9 Å². The first kappa shape index (κ1) is 22.1. The fraction of sp³-hybridized carbons (Fsp3) is 0.577. The molecule has 1 saturated carbocycles. The number of esters is 1. The molecule has 0 unspecified atom stereocenters. The van der Waals surface area contributed by atoms with Gasteiger partial charge in [0.25, 0.3) is 5.91 Å². The van der Waals surface area contributed by atoms with Gasteiger partial charge in [-0.2, -0.15) is 0 Å². The van der Waals surface area contributed by atoms with Gasteiger partial charge in [-0.3, -0.25) is 14.4 Å². The Morgan fingerprint density at radius 3 is 2.58 bits per heavy atom. The number of benzene rings is 1. The van der Waals surface area contributed by atoms with Gasteiger partial charge in [0.2, 0.25) is 5.91 Å². The summed E-state index contributed by atoms with van der Waals surface area (Å²) in [7, 11) is 0. The van der Waals surface area contributed by atoms with Crippen LogP contribution in [-0.4, -0.2) is 48.2 Å². The van der Waals surface area contributed by atoms with E-state index in [1.165, 1.54) is 0 Å². The van der Waals surface area contributed by atoms with Crippen LogP contribution in [0.2, 0.25) is 0 Å². The summed E-state index contributed by atoms with van der Waals surface area (Å²) in [5.74, 6) is -2.29. The van der Waals surface area contributed by atoms with Crippen molar-refractivity contribution in [2.24, 2.45) is 11.8 Å². The molecule has 7 heteroatoms. The highest BCUT2D eigenvalue weighted by molar-refractivity contribution is 6.03. The highest BCUT2D eigenvalue weighted by atomic mass is 16.6. The molecule has 2 saturated heterocycles. The first-order valence-corrected chi connectivity index (χ1v) is 12.1. The minimum Gasteiger partial charge on any atom is -0.452 e. The average molecular weight is 453 g/mol. The van der Waals surface area contributed by atoms with Gasteiger partial charge in [-0.15, -0.1) is 0 Å². The van der Waals surface area contributed by atoms with Crippen molar-refractivity contribution in [1.82, 2.24) is 5.32 Å². The number of carbonyl (C=O) groups is 3. The third-order valence-electron chi connectivity index (χ3n) is 7.51. The van der Waals surface area contributed by atoms with E-state index in [1.807, 2.05) is 45.1 Å². The van der Waals surface area contributed by atoms with Gasteiger partial charge in [0.05, 0.1) is 18.6 Å². The maximum atomic E-state index is 13.6. The summed E-state index contributed by atoms with van der Waals surface area (Å²) in [6, 6.07) is 6.18. The molecular formula is C26H32N2O5. The van der Waals surface area contributed by atoms with Crippen molar-refractivity contribution in [3.8, 4) is 0 Å². The van der Waals surface area contributed by atoms with E-state index in [4.69, 9.17) is 9.47 Å². The Morgan fingerprint density at radius 2 is 1.91 bits per heavy atom. The molecule has 3 heterocycles. The van der Waals surface area contributed by atoms with E-state index in [9.17, 15) is 14.4 Å². The summed E-state index contributed by atoms with van der Waals surface area (Å²) in [5.41, 5.74) is 2.14. The zero-order valence-corrected chi connectivity index (χ0v) is 19.5. The lowest BCUT2D eigenvalue weighted by Gasteiger charge is -2.25. The number of amides is 2. The topological polar surface area (TPSA) is 84.9 Å². The standard InChI is InChI=1S/C26H32N2O5/c1-4-19(23(29)27-17-7-5-6-8-17)32-25(31)21-20-9-10-26(33-20)14-28(24(30)22(21)26)18-12-15(2)11-16(3)13-18/h9-13,17,19-22H,4-8,14H2,1-3H3,(H,27,29)/t19-,20+,21-,22+,26-/m0/s1. The lowest BCUT2D eigenvalue weighted by atomic mass is 9.77. The van der Waals surface area contributed by atoms with Crippen molar-refractivity contribution in [1.29, 1.82) is 0 Å². The Bertz CT molecular complexity index is 994. The third-order valence-corrected chi connectivity index (χ3v) is 7.51. The lowest BCUT2D eigenvalue weighted by molar-refractivity contribution is -0.162. The summed E-state index contributed by atoms with van der Waals surface area (Å²) >= 11 is 0. The predicted octanol–water partition coefficient (Wildman–Crippen LogP) is 2.97. The van der Waals surface area contributed by atoms with Crippen molar-refractivity contribution >= 4 is 23.5 Å². The Balaban J connectivity index is 1.34. The van der Waals surface area contributed by atoms with Gasteiger partial charge in [0.1, 0.15) is 11.5 Å². The van der Waals surface area contributed by atoms with Gasteiger partial charge >= 0.3 is 5.97 Å². The summed E-state index contributed by atoms with van der Waals surface area (Å²) in [6.45, 7) is 6.20. The summed E-state index contributed by atoms with van der Waals surface area (Å²) in [4.78, 5) is 41.3. The second-order valence-electron chi connectivity index (χ2n) is 9.99. The van der Waals surface area contributed by atoms with Crippen LogP contribution < -0.4 is 10.2 Å². The van der Waals surface area contributed by atoms with E-state index < -0.39 is 35.6 Å². The second kappa shape index (κ2) is 8.28. The molecule has 5 rings (SSSR count). The maximum Gasteiger partial charge on any atom is 0.313 e. The maximum absolute atomic E-state index is 13.6. The molecule has 3 aliphatic heterocycles. The van der Waals surface area contributed by atoms with Crippen LogP contribution in [0.15, 0.2) is 30.4 Å². The predicted molar refractivity (Wildman–Crippen MR) is 123 cm³/mol. The van der Waals surface area contributed by atoms with Gasteiger partial charge in [0, 0.05) is 11.7 Å². The minimum absolute atomic E-state index is 0.128. The van der Waals surface area contributed by atoms with Crippen LogP contribution in [-0.2, 0) is 23.9 Å². The SMILES string of the molecule is CC[C@H](OC(=O)[C@H]1[C@H]2C=C[C@@]3(CN(c4cc(C)cc(C)c4)C(=O)[C@@H]13)O2)C(=O)NC1CCCC1. The number of nitrogens with one attached hydrogen (secondary N) is 1. The highest BCUT2D eigenvalue weighted by Gasteiger charge is 2.67. The third kappa shape index (κ3) is 3.76. The molecule has 33 heavy (non-hydrogen) atoms. The zero-order valence-electron chi connectivity index (χ0n) is 19.5. The monoisotopic (exact) mass is 452 g/mol. The number of fused-ring (bicyclic) bond motifs is 1. The molecule has 1 aromatic carbocycles. The Labute approximate surface area is 194 Å². The minimum atomic E-state index is -0.857. The van der Waals surface area contributed by atoms with Crippen molar-refractivity contribution in [3.63, 3.8) is 0 Å². The molecule has 2 bridgehead atoms. The fourth-order valence-electron chi connectivity index (χ4n) is 6.00. The van der Waals surface area contributed by atoms with Gasteiger partial charge in [0.15, 0.2) is 6.10 Å². The van der Waals surface area contributed by atoms with Gasteiger partial charge in [-0.25, -0.2) is 0 Å². The number of hydrogen-bond donors (Lipinski definition) is 1. The van der Waals surface area contributed by atoms with Crippen LogP contribution in [0.25, 0.3) is 0 Å². The van der Waals surface area contributed by atoms with Gasteiger partial charge in [-0.05, 0) is 56.4 Å². The van der Waals surface area contributed by atoms with E-state index in [0.29, 0.717) is 13.0 Å². The van der Waals surface area contributed by atoms with Crippen LogP contribution in [0.5, 0.6) is 0 Å². The Morgan fingerprint density at radius 1 is 1.21 bits per heavy atom. The van der Waals surface area contributed by atoms with E-state index in [0.717, 1.165) is 42.5 Å². The zero-order chi connectivity index (χ0) is 23.3. The average Bonchev–Trinajstić information content (AvgIpc) is 3.53. The van der Waals surface area contributed by atoms with Crippen LogP contribution in [0.3, 0.4) is 0 Å². The number of hydrogen-bond acceptors (Lipinski definition) is 5. The van der Waals surface area contributed by atoms with Crippen molar-refractivity contribution < 1.29 is 23.9 Å². The molecule has 5 atom stereocenters. The molecule has 4 aliphatic rings.